The zero-order chi connectivity index (χ0) is 18.8. The summed E-state index contributed by atoms with van der Waals surface area (Å²) in [4.78, 5) is 21.3. The normalized spacial score (nSPS) is 11.0. The maximum atomic E-state index is 12.4. The van der Waals surface area contributed by atoms with Crippen LogP contribution in [0.4, 0.5) is 5.82 Å². The summed E-state index contributed by atoms with van der Waals surface area (Å²) >= 11 is 6.02. The fourth-order valence-electron chi connectivity index (χ4n) is 3.03. The molecule has 4 rings (SSSR count). The minimum atomic E-state index is -0.304. The number of halogens is 1. The van der Waals surface area contributed by atoms with Crippen molar-refractivity contribution < 1.29 is 0 Å². The number of imidazole rings is 1. The maximum absolute atomic E-state index is 12.4. The average Bonchev–Trinajstić information content (AvgIpc) is 3.03. The average molecular weight is 380 g/mol. The molecule has 1 N–H and O–H groups in total. The Morgan fingerprint density at radius 1 is 1.04 bits per heavy atom. The molecule has 0 aliphatic carbocycles. The molecular formula is C20H18ClN5O. The number of nitrogens with one attached hydrogen (secondary N) is 1. The number of hydrogen-bond donors (Lipinski definition) is 1. The SMILES string of the molecule is CCNc1ccn(Cc2c(-c3ccc(Cl)cc3)nc3ccccn23)c(=O)n1. The summed E-state index contributed by atoms with van der Waals surface area (Å²) < 4.78 is 3.57. The first kappa shape index (κ1) is 17.3. The van der Waals surface area contributed by atoms with Crippen molar-refractivity contribution in [1.82, 2.24) is 18.9 Å². The van der Waals surface area contributed by atoms with Gasteiger partial charge in [-0.3, -0.25) is 4.57 Å². The third-order valence-electron chi connectivity index (χ3n) is 4.30. The van der Waals surface area contributed by atoms with E-state index in [1.807, 2.05) is 60.0 Å². The molecular weight excluding hydrogens is 362 g/mol. The standard InChI is InChI=1S/C20H18ClN5O/c1-2-22-17-10-12-25(20(27)23-17)13-16-19(14-6-8-15(21)9-7-14)24-18-5-3-4-11-26(16)18/h3-12H,2,13H2,1H3,(H,22,23,27). The van der Waals surface area contributed by atoms with Gasteiger partial charge in [0.2, 0.25) is 0 Å². The molecule has 0 aliphatic heterocycles. The minimum absolute atomic E-state index is 0.304. The highest BCUT2D eigenvalue weighted by atomic mass is 35.5. The van der Waals surface area contributed by atoms with E-state index in [1.54, 1.807) is 16.8 Å². The molecule has 27 heavy (non-hydrogen) atoms. The van der Waals surface area contributed by atoms with E-state index in [0.29, 0.717) is 23.9 Å². The maximum Gasteiger partial charge on any atom is 0.349 e. The summed E-state index contributed by atoms with van der Waals surface area (Å²) in [7, 11) is 0. The number of benzene rings is 1. The molecule has 3 aromatic heterocycles. The monoisotopic (exact) mass is 379 g/mol. The lowest BCUT2D eigenvalue weighted by atomic mass is 10.1. The van der Waals surface area contributed by atoms with Gasteiger partial charge in [-0.15, -0.1) is 0 Å². The molecule has 1 aromatic carbocycles. The molecule has 7 heteroatoms. The quantitative estimate of drug-likeness (QED) is 0.574. The topological polar surface area (TPSA) is 64.2 Å². The van der Waals surface area contributed by atoms with Crippen molar-refractivity contribution in [3.8, 4) is 11.3 Å². The molecule has 0 spiro atoms. The van der Waals surface area contributed by atoms with Crippen molar-refractivity contribution in [3.63, 3.8) is 0 Å². The van der Waals surface area contributed by atoms with Gasteiger partial charge in [-0.25, -0.2) is 9.78 Å². The van der Waals surface area contributed by atoms with Crippen LogP contribution in [0.25, 0.3) is 16.9 Å². The van der Waals surface area contributed by atoms with Crippen molar-refractivity contribution in [2.75, 3.05) is 11.9 Å². The van der Waals surface area contributed by atoms with Crippen LogP contribution in [-0.2, 0) is 6.54 Å². The first-order chi connectivity index (χ1) is 13.2. The molecule has 0 saturated carbocycles. The van der Waals surface area contributed by atoms with Crippen molar-refractivity contribution in [2.24, 2.45) is 0 Å². The molecule has 0 unspecified atom stereocenters. The summed E-state index contributed by atoms with van der Waals surface area (Å²) in [6.45, 7) is 3.04. The lowest BCUT2D eigenvalue weighted by molar-refractivity contribution is 0.708. The van der Waals surface area contributed by atoms with Gasteiger partial charge in [0.05, 0.1) is 17.9 Å². The summed E-state index contributed by atoms with van der Waals surface area (Å²) in [5.74, 6) is 0.579. The zero-order valence-corrected chi connectivity index (χ0v) is 15.5. The van der Waals surface area contributed by atoms with Crippen LogP contribution in [-0.4, -0.2) is 25.5 Å². The van der Waals surface area contributed by atoms with Gasteiger partial charge in [0.1, 0.15) is 11.5 Å². The summed E-state index contributed by atoms with van der Waals surface area (Å²) in [6.07, 6.45) is 3.70. The third kappa shape index (κ3) is 3.44. The highest BCUT2D eigenvalue weighted by Crippen LogP contribution is 2.26. The molecule has 136 valence electrons. The van der Waals surface area contributed by atoms with Gasteiger partial charge in [0.25, 0.3) is 0 Å². The van der Waals surface area contributed by atoms with Gasteiger partial charge in [-0.2, -0.15) is 4.98 Å². The largest absolute Gasteiger partial charge is 0.370 e. The van der Waals surface area contributed by atoms with E-state index in [9.17, 15) is 4.79 Å². The van der Waals surface area contributed by atoms with Crippen LogP contribution in [0.1, 0.15) is 12.6 Å². The number of aromatic nitrogens is 4. The van der Waals surface area contributed by atoms with Gasteiger partial charge in [0, 0.05) is 29.5 Å². The Morgan fingerprint density at radius 2 is 1.85 bits per heavy atom. The Morgan fingerprint density at radius 3 is 2.59 bits per heavy atom. The van der Waals surface area contributed by atoms with E-state index in [0.717, 1.165) is 22.6 Å². The van der Waals surface area contributed by atoms with Crippen molar-refractivity contribution in [1.29, 1.82) is 0 Å². The van der Waals surface area contributed by atoms with E-state index < -0.39 is 0 Å². The fourth-order valence-corrected chi connectivity index (χ4v) is 3.15. The van der Waals surface area contributed by atoms with E-state index in [4.69, 9.17) is 16.6 Å². The van der Waals surface area contributed by atoms with E-state index in [-0.39, 0.29) is 5.69 Å². The summed E-state index contributed by atoms with van der Waals surface area (Å²) in [5, 5.41) is 3.72. The zero-order valence-electron chi connectivity index (χ0n) is 14.8. The number of pyridine rings is 1. The van der Waals surface area contributed by atoms with Gasteiger partial charge in [-0.1, -0.05) is 29.8 Å². The van der Waals surface area contributed by atoms with Crippen LogP contribution in [0.5, 0.6) is 0 Å². The van der Waals surface area contributed by atoms with Crippen molar-refractivity contribution >= 4 is 23.1 Å². The Balaban J connectivity index is 1.82. The Bertz CT molecular complexity index is 1150. The number of anilines is 1. The third-order valence-corrected chi connectivity index (χ3v) is 4.55. The molecule has 4 aromatic rings. The van der Waals surface area contributed by atoms with Crippen LogP contribution < -0.4 is 11.0 Å². The lowest BCUT2D eigenvalue weighted by Gasteiger charge is -2.09. The van der Waals surface area contributed by atoms with Crippen LogP contribution in [0, 0.1) is 0 Å². The molecule has 6 nitrogen and oxygen atoms in total. The molecule has 3 heterocycles. The second-order valence-electron chi connectivity index (χ2n) is 6.10. The van der Waals surface area contributed by atoms with Crippen molar-refractivity contribution in [2.45, 2.75) is 13.5 Å². The van der Waals surface area contributed by atoms with E-state index >= 15 is 0 Å². The summed E-state index contributed by atoms with van der Waals surface area (Å²) in [5.41, 5.74) is 3.20. The van der Waals surface area contributed by atoms with Gasteiger partial charge in [0.15, 0.2) is 0 Å². The van der Waals surface area contributed by atoms with Gasteiger partial charge >= 0.3 is 5.69 Å². The Labute approximate surface area is 161 Å². The number of hydrogen-bond acceptors (Lipinski definition) is 4. The molecule has 0 amide bonds. The van der Waals surface area contributed by atoms with Crippen LogP contribution in [0.15, 0.2) is 65.7 Å². The predicted molar refractivity (Wildman–Crippen MR) is 107 cm³/mol. The first-order valence-electron chi connectivity index (χ1n) is 8.69. The first-order valence-corrected chi connectivity index (χ1v) is 9.07. The molecule has 0 aliphatic rings. The minimum Gasteiger partial charge on any atom is -0.370 e. The van der Waals surface area contributed by atoms with Crippen LogP contribution in [0.2, 0.25) is 5.02 Å². The van der Waals surface area contributed by atoms with Crippen molar-refractivity contribution in [3.05, 3.63) is 82.1 Å². The smallest absolute Gasteiger partial charge is 0.349 e. The highest BCUT2D eigenvalue weighted by molar-refractivity contribution is 6.30. The van der Waals surface area contributed by atoms with Crippen LogP contribution >= 0.6 is 11.6 Å². The van der Waals surface area contributed by atoms with Crippen LogP contribution in [0.3, 0.4) is 0 Å². The molecule has 0 fully saturated rings. The predicted octanol–water partition coefficient (Wildman–Crippen LogP) is 3.69. The highest BCUT2D eigenvalue weighted by Gasteiger charge is 2.15. The lowest BCUT2D eigenvalue weighted by Crippen LogP contribution is -2.24. The molecule has 0 radical (unpaired) electrons. The summed E-state index contributed by atoms with van der Waals surface area (Å²) in [6, 6.07) is 15.2. The van der Waals surface area contributed by atoms with Gasteiger partial charge < -0.3 is 9.72 Å². The number of nitrogens with zero attached hydrogens (tertiary/aromatic N) is 4. The van der Waals surface area contributed by atoms with E-state index in [1.165, 1.54) is 0 Å². The second-order valence-corrected chi connectivity index (χ2v) is 6.53. The molecule has 0 saturated heterocycles. The Hall–Kier alpha value is -3.12. The van der Waals surface area contributed by atoms with Gasteiger partial charge in [-0.05, 0) is 37.3 Å². The Kier molecular flexibility index (Phi) is 4.64. The number of fused-ring (bicyclic) bond motifs is 1. The number of rotatable bonds is 5. The molecule has 0 bridgehead atoms. The fraction of sp³-hybridized carbons (Fsp3) is 0.150. The van der Waals surface area contributed by atoms with E-state index in [2.05, 4.69) is 10.3 Å². The molecule has 0 atom stereocenters. The second kappa shape index (κ2) is 7.25.